The lowest BCUT2D eigenvalue weighted by molar-refractivity contribution is 0.115. The zero-order chi connectivity index (χ0) is 14.6. The molecular weight excluding hydrogens is 316 g/mol. The van der Waals surface area contributed by atoms with Crippen LogP contribution >= 0.6 is 15.9 Å². The molecule has 2 unspecified atom stereocenters. The van der Waals surface area contributed by atoms with Crippen LogP contribution in [0.15, 0.2) is 28.7 Å². The second-order valence-corrected chi connectivity index (χ2v) is 6.98. The first-order valence-corrected chi connectivity index (χ1v) is 8.05. The largest absolute Gasteiger partial charge is 0.384 e. The highest BCUT2D eigenvalue weighted by molar-refractivity contribution is 9.10. The van der Waals surface area contributed by atoms with Crippen LogP contribution in [0.1, 0.15) is 18.9 Å². The van der Waals surface area contributed by atoms with E-state index in [0.29, 0.717) is 12.5 Å². The van der Waals surface area contributed by atoms with Gasteiger partial charge in [-0.25, -0.2) is 0 Å². The summed E-state index contributed by atoms with van der Waals surface area (Å²) in [6.07, 6.45) is 2.21. The zero-order valence-electron chi connectivity index (χ0n) is 12.4. The van der Waals surface area contributed by atoms with E-state index in [-0.39, 0.29) is 5.54 Å². The van der Waals surface area contributed by atoms with Crippen molar-refractivity contribution >= 4 is 15.9 Å². The highest BCUT2D eigenvalue weighted by atomic mass is 79.9. The molecule has 1 aromatic rings. The Balaban J connectivity index is 2.03. The summed E-state index contributed by atoms with van der Waals surface area (Å²) in [5.74, 6) is 0.649. The zero-order valence-corrected chi connectivity index (χ0v) is 14.0. The fraction of sp³-hybridized carbons (Fsp3) is 0.625. The summed E-state index contributed by atoms with van der Waals surface area (Å²) in [4.78, 5) is 2.54. The molecule has 0 amide bonds. The van der Waals surface area contributed by atoms with Crippen molar-refractivity contribution in [3.8, 4) is 0 Å². The van der Waals surface area contributed by atoms with Gasteiger partial charge in [-0.15, -0.1) is 0 Å². The fourth-order valence-corrected chi connectivity index (χ4v) is 3.31. The van der Waals surface area contributed by atoms with E-state index in [0.717, 1.165) is 30.6 Å². The maximum absolute atomic E-state index is 6.10. The highest BCUT2D eigenvalue weighted by Gasteiger charge is 2.36. The molecule has 0 spiro atoms. The van der Waals surface area contributed by atoms with Gasteiger partial charge in [-0.3, -0.25) is 4.90 Å². The van der Waals surface area contributed by atoms with E-state index >= 15 is 0 Å². The minimum Gasteiger partial charge on any atom is -0.384 e. The Morgan fingerprint density at radius 2 is 2.10 bits per heavy atom. The standard InChI is InChI=1S/C16H25BrN2O/c1-16(12-18,9-13-3-5-15(17)6-4-13)19-8-7-14(10-19)11-20-2/h3-6,14H,7-12,18H2,1-2H3. The number of hydrogen-bond donors (Lipinski definition) is 1. The number of methoxy groups -OCH3 is 1. The molecule has 2 rings (SSSR count). The Hall–Kier alpha value is -0.420. The average molecular weight is 341 g/mol. The molecule has 1 heterocycles. The third-order valence-electron chi connectivity index (χ3n) is 4.39. The van der Waals surface area contributed by atoms with Gasteiger partial charge in [-0.2, -0.15) is 0 Å². The topological polar surface area (TPSA) is 38.5 Å². The van der Waals surface area contributed by atoms with Crippen molar-refractivity contribution in [3.63, 3.8) is 0 Å². The number of nitrogens with zero attached hydrogens (tertiary/aromatic N) is 1. The van der Waals surface area contributed by atoms with Crippen LogP contribution in [0, 0.1) is 5.92 Å². The van der Waals surface area contributed by atoms with Crippen LogP contribution in [0.25, 0.3) is 0 Å². The molecule has 2 N–H and O–H groups in total. The van der Waals surface area contributed by atoms with Gasteiger partial charge in [0.2, 0.25) is 0 Å². The van der Waals surface area contributed by atoms with E-state index in [1.165, 1.54) is 12.0 Å². The van der Waals surface area contributed by atoms with E-state index in [1.807, 2.05) is 0 Å². The number of benzene rings is 1. The van der Waals surface area contributed by atoms with Crippen LogP contribution in [-0.4, -0.2) is 43.8 Å². The minimum atomic E-state index is 0.0380. The molecule has 0 radical (unpaired) electrons. The van der Waals surface area contributed by atoms with Crippen LogP contribution in [0.3, 0.4) is 0 Å². The van der Waals surface area contributed by atoms with Crippen molar-refractivity contribution in [2.24, 2.45) is 11.7 Å². The summed E-state index contributed by atoms with van der Waals surface area (Å²) in [5.41, 5.74) is 7.48. The molecule has 4 heteroatoms. The van der Waals surface area contributed by atoms with Crippen LogP contribution < -0.4 is 5.73 Å². The predicted octanol–water partition coefficient (Wildman–Crippen LogP) is 2.68. The number of halogens is 1. The second-order valence-electron chi connectivity index (χ2n) is 6.06. The molecule has 0 saturated carbocycles. The Labute approximate surface area is 130 Å². The van der Waals surface area contributed by atoms with Gasteiger partial charge in [-0.1, -0.05) is 28.1 Å². The average Bonchev–Trinajstić information content (AvgIpc) is 2.91. The predicted molar refractivity (Wildman–Crippen MR) is 86.9 cm³/mol. The number of rotatable bonds is 6. The van der Waals surface area contributed by atoms with E-state index in [4.69, 9.17) is 10.5 Å². The highest BCUT2D eigenvalue weighted by Crippen LogP contribution is 2.28. The van der Waals surface area contributed by atoms with Gasteiger partial charge >= 0.3 is 0 Å². The smallest absolute Gasteiger partial charge is 0.0503 e. The molecule has 20 heavy (non-hydrogen) atoms. The lowest BCUT2D eigenvalue weighted by Gasteiger charge is -2.38. The maximum Gasteiger partial charge on any atom is 0.0503 e. The Kier molecular flexibility index (Phi) is 5.61. The summed E-state index contributed by atoms with van der Waals surface area (Å²) in [6, 6.07) is 8.56. The lowest BCUT2D eigenvalue weighted by atomic mass is 9.91. The lowest BCUT2D eigenvalue weighted by Crippen LogP contribution is -2.52. The molecule has 3 nitrogen and oxygen atoms in total. The van der Waals surface area contributed by atoms with Crippen LogP contribution in [0.5, 0.6) is 0 Å². The molecule has 0 aliphatic carbocycles. The molecule has 1 fully saturated rings. The first-order chi connectivity index (χ1) is 9.57. The first kappa shape index (κ1) is 16.0. The Bertz CT molecular complexity index is 423. The van der Waals surface area contributed by atoms with Crippen molar-refractivity contribution in [3.05, 3.63) is 34.3 Å². The molecular formula is C16H25BrN2O. The van der Waals surface area contributed by atoms with Crippen molar-refractivity contribution < 1.29 is 4.74 Å². The molecule has 1 aliphatic heterocycles. The van der Waals surface area contributed by atoms with E-state index in [9.17, 15) is 0 Å². The second kappa shape index (κ2) is 7.03. The SMILES string of the molecule is COCC1CCN(C(C)(CN)Cc2ccc(Br)cc2)C1. The quantitative estimate of drug-likeness (QED) is 0.865. The molecule has 2 atom stereocenters. The monoisotopic (exact) mass is 340 g/mol. The van der Waals surface area contributed by atoms with E-state index < -0.39 is 0 Å². The molecule has 1 saturated heterocycles. The number of ether oxygens (including phenoxy) is 1. The number of likely N-dealkylation sites (tertiary alicyclic amines) is 1. The summed E-state index contributed by atoms with van der Waals surface area (Å²) >= 11 is 3.48. The van der Waals surface area contributed by atoms with Crippen molar-refractivity contribution in [1.82, 2.24) is 4.90 Å². The molecule has 1 aliphatic rings. The Morgan fingerprint density at radius 3 is 2.70 bits per heavy atom. The van der Waals surface area contributed by atoms with Crippen LogP contribution in [-0.2, 0) is 11.2 Å². The van der Waals surface area contributed by atoms with E-state index in [1.54, 1.807) is 7.11 Å². The normalized spacial score (nSPS) is 22.9. The van der Waals surface area contributed by atoms with Gasteiger partial charge in [0.05, 0.1) is 6.61 Å². The van der Waals surface area contributed by atoms with Gasteiger partial charge in [-0.05, 0) is 49.9 Å². The number of nitrogens with two attached hydrogens (primary N) is 1. The summed E-state index contributed by atoms with van der Waals surface area (Å²) < 4.78 is 6.41. The van der Waals surface area contributed by atoms with Crippen molar-refractivity contribution in [2.45, 2.75) is 25.3 Å². The van der Waals surface area contributed by atoms with Gasteiger partial charge in [0.15, 0.2) is 0 Å². The number of hydrogen-bond acceptors (Lipinski definition) is 3. The minimum absolute atomic E-state index is 0.0380. The van der Waals surface area contributed by atoms with Crippen molar-refractivity contribution in [2.75, 3.05) is 33.4 Å². The van der Waals surface area contributed by atoms with Gasteiger partial charge in [0.1, 0.15) is 0 Å². The molecule has 112 valence electrons. The Morgan fingerprint density at radius 1 is 1.40 bits per heavy atom. The van der Waals surface area contributed by atoms with Gasteiger partial charge < -0.3 is 10.5 Å². The third kappa shape index (κ3) is 3.82. The van der Waals surface area contributed by atoms with E-state index in [2.05, 4.69) is 52.0 Å². The van der Waals surface area contributed by atoms with Crippen LogP contribution in [0.2, 0.25) is 0 Å². The van der Waals surface area contributed by atoms with Gasteiger partial charge in [0.25, 0.3) is 0 Å². The molecule has 0 aromatic heterocycles. The summed E-state index contributed by atoms with van der Waals surface area (Å²) in [6.45, 7) is 6.04. The van der Waals surface area contributed by atoms with Crippen LogP contribution in [0.4, 0.5) is 0 Å². The summed E-state index contributed by atoms with van der Waals surface area (Å²) in [7, 11) is 1.78. The maximum atomic E-state index is 6.10. The molecule has 0 bridgehead atoms. The first-order valence-electron chi connectivity index (χ1n) is 7.26. The third-order valence-corrected chi connectivity index (χ3v) is 4.92. The fourth-order valence-electron chi connectivity index (χ4n) is 3.05. The summed E-state index contributed by atoms with van der Waals surface area (Å²) in [5, 5.41) is 0. The van der Waals surface area contributed by atoms with Crippen molar-refractivity contribution in [1.29, 1.82) is 0 Å². The van der Waals surface area contributed by atoms with Gasteiger partial charge in [0, 0.05) is 30.2 Å². The molecule has 1 aromatic carbocycles.